The molecular formula is C31H48O16. The number of carbonyl (C=O) groups is 4. The molecule has 0 bridgehead atoms. The Labute approximate surface area is 273 Å². The van der Waals surface area contributed by atoms with Gasteiger partial charge in [0.1, 0.15) is 56.4 Å². The van der Waals surface area contributed by atoms with E-state index in [0.29, 0.717) is 0 Å². The second kappa shape index (κ2) is 22.9. The maximum absolute atomic E-state index is 12.7. The van der Waals surface area contributed by atoms with Crippen molar-refractivity contribution in [1.29, 1.82) is 0 Å². The Morgan fingerprint density at radius 2 is 0.915 bits per heavy atom. The number of carbonyl (C=O) groups excluding carboxylic acids is 4. The molecule has 16 heteroatoms. The molecule has 0 saturated heterocycles. The average molecular weight is 677 g/mol. The van der Waals surface area contributed by atoms with Crippen LogP contribution in [0.1, 0.15) is 27.7 Å². The van der Waals surface area contributed by atoms with Crippen LogP contribution in [0.2, 0.25) is 0 Å². The number of aliphatic hydroxyl groups is 5. The molecule has 0 aromatic heterocycles. The van der Waals surface area contributed by atoms with Crippen molar-refractivity contribution in [2.45, 2.75) is 70.4 Å². The number of hydrogen-bond acceptors (Lipinski definition) is 16. The lowest BCUT2D eigenvalue weighted by Gasteiger charge is -2.35. The third-order valence-corrected chi connectivity index (χ3v) is 5.69. The van der Waals surface area contributed by atoms with Crippen molar-refractivity contribution >= 4 is 23.9 Å². The molecule has 0 aromatic carbocycles. The van der Waals surface area contributed by atoms with Crippen molar-refractivity contribution in [3.63, 3.8) is 0 Å². The highest BCUT2D eigenvalue weighted by Gasteiger charge is 2.40. The summed E-state index contributed by atoms with van der Waals surface area (Å²) in [6.45, 7) is 14.8. The van der Waals surface area contributed by atoms with Crippen LogP contribution in [-0.2, 0) is 52.3 Å². The highest BCUT2D eigenvalue weighted by atomic mass is 16.6. The Morgan fingerprint density at radius 3 is 1.30 bits per heavy atom. The first-order chi connectivity index (χ1) is 21.9. The lowest BCUT2D eigenvalue weighted by atomic mass is 10.0. The molecule has 0 rings (SSSR count). The van der Waals surface area contributed by atoms with Crippen LogP contribution >= 0.6 is 0 Å². The quantitative estimate of drug-likeness (QED) is 0.0446. The summed E-state index contributed by atoms with van der Waals surface area (Å²) in [5, 5.41) is 51.4. The van der Waals surface area contributed by atoms with Crippen LogP contribution in [0.25, 0.3) is 0 Å². The van der Waals surface area contributed by atoms with Gasteiger partial charge in [0.25, 0.3) is 0 Å². The molecule has 16 nitrogen and oxygen atoms in total. The van der Waals surface area contributed by atoms with Crippen molar-refractivity contribution in [2.24, 2.45) is 0 Å². The molecule has 0 saturated carbocycles. The summed E-state index contributed by atoms with van der Waals surface area (Å²) in [6.07, 6.45) is -10.7. The summed E-state index contributed by atoms with van der Waals surface area (Å²) in [5.41, 5.74) is 0.182. The van der Waals surface area contributed by atoms with Gasteiger partial charge in [-0.1, -0.05) is 26.3 Å². The fraction of sp³-hybridized carbons (Fsp3) is 0.613. The van der Waals surface area contributed by atoms with Gasteiger partial charge in [0.2, 0.25) is 0 Å². The molecule has 0 aliphatic rings. The summed E-state index contributed by atoms with van der Waals surface area (Å²) in [6, 6.07) is 0. The van der Waals surface area contributed by atoms with E-state index in [0.717, 1.165) is 0 Å². The summed E-state index contributed by atoms with van der Waals surface area (Å²) in [5.74, 6) is -3.28. The molecule has 7 atom stereocenters. The SMILES string of the molecule is C=C(C)C(=O)OCC(O)COCC(OCC(O)COC(=O)C(=C)C)C(OC(=O)C(=C)C)C(OCC(O)COC(=O)C(=C)C)C(O)CO. The Bertz CT molecular complexity index is 1090. The van der Waals surface area contributed by atoms with E-state index >= 15 is 0 Å². The Balaban J connectivity index is 6.13. The molecule has 0 aromatic rings. The molecular weight excluding hydrogens is 628 g/mol. The van der Waals surface area contributed by atoms with Gasteiger partial charge >= 0.3 is 23.9 Å². The van der Waals surface area contributed by atoms with Gasteiger partial charge < -0.3 is 58.7 Å². The molecule has 47 heavy (non-hydrogen) atoms. The second-order valence-electron chi connectivity index (χ2n) is 10.7. The van der Waals surface area contributed by atoms with Crippen molar-refractivity contribution in [2.75, 3.05) is 52.9 Å². The normalized spacial score (nSPS) is 15.5. The Morgan fingerprint density at radius 1 is 0.532 bits per heavy atom. The molecule has 0 amide bonds. The summed E-state index contributed by atoms with van der Waals surface area (Å²) in [7, 11) is 0. The van der Waals surface area contributed by atoms with Crippen LogP contribution < -0.4 is 0 Å². The van der Waals surface area contributed by atoms with E-state index in [1.54, 1.807) is 0 Å². The standard InChI is InChI=1S/C31H48O16/c1-17(2)28(37)44-13-21(33)10-41-16-25(42-11-22(34)14-45-29(38)18(3)4)27(47-31(40)20(7)8)26(24(36)9-32)43-12-23(35)15-46-30(39)19(5)6/h21-27,32-36H,1,3,5,7,9-16H2,2,4,6,8H3. The van der Waals surface area contributed by atoms with E-state index < -0.39 is 119 Å². The fourth-order valence-electron chi connectivity index (χ4n) is 3.15. The van der Waals surface area contributed by atoms with Gasteiger partial charge in [-0.2, -0.15) is 0 Å². The van der Waals surface area contributed by atoms with Crippen molar-refractivity contribution in [1.82, 2.24) is 0 Å². The Hall–Kier alpha value is -3.48. The molecule has 7 unspecified atom stereocenters. The number of esters is 4. The van der Waals surface area contributed by atoms with Gasteiger partial charge in [0.05, 0.1) is 33.0 Å². The van der Waals surface area contributed by atoms with Gasteiger partial charge in [-0.05, 0) is 27.7 Å². The zero-order chi connectivity index (χ0) is 36.3. The van der Waals surface area contributed by atoms with E-state index in [2.05, 4.69) is 26.3 Å². The van der Waals surface area contributed by atoms with Crippen LogP contribution in [-0.4, -0.2) is 145 Å². The minimum Gasteiger partial charge on any atom is -0.460 e. The number of aliphatic hydroxyl groups excluding tert-OH is 5. The summed E-state index contributed by atoms with van der Waals surface area (Å²) in [4.78, 5) is 47.7. The van der Waals surface area contributed by atoms with Gasteiger partial charge in [-0.3, -0.25) is 0 Å². The van der Waals surface area contributed by atoms with Crippen LogP contribution in [0.4, 0.5) is 0 Å². The number of ether oxygens (including phenoxy) is 7. The molecule has 0 heterocycles. The molecule has 0 spiro atoms. The van der Waals surface area contributed by atoms with E-state index in [9.17, 15) is 44.7 Å². The van der Waals surface area contributed by atoms with Gasteiger partial charge in [0.15, 0.2) is 6.10 Å². The minimum absolute atomic E-state index is 0.0779. The topological polar surface area (TPSA) is 234 Å². The summed E-state index contributed by atoms with van der Waals surface area (Å²) >= 11 is 0. The molecule has 0 fully saturated rings. The zero-order valence-corrected chi connectivity index (χ0v) is 27.3. The minimum atomic E-state index is -1.76. The Kier molecular flexibility index (Phi) is 21.2. The molecule has 268 valence electrons. The highest BCUT2D eigenvalue weighted by molar-refractivity contribution is 5.88. The predicted octanol–water partition coefficient (Wildman–Crippen LogP) is -0.945. The van der Waals surface area contributed by atoms with Crippen molar-refractivity contribution in [3.8, 4) is 0 Å². The van der Waals surface area contributed by atoms with Crippen molar-refractivity contribution < 1.29 is 77.9 Å². The molecule has 0 aliphatic heterocycles. The third-order valence-electron chi connectivity index (χ3n) is 5.69. The maximum Gasteiger partial charge on any atom is 0.333 e. The predicted molar refractivity (Wildman–Crippen MR) is 163 cm³/mol. The molecule has 0 aliphatic carbocycles. The van der Waals surface area contributed by atoms with E-state index in [-0.39, 0.29) is 22.3 Å². The van der Waals surface area contributed by atoms with Crippen LogP contribution in [0.5, 0.6) is 0 Å². The average Bonchev–Trinajstić information content (AvgIpc) is 3.01. The zero-order valence-electron chi connectivity index (χ0n) is 27.3. The van der Waals surface area contributed by atoms with E-state index in [1.807, 2.05) is 0 Å². The smallest absolute Gasteiger partial charge is 0.333 e. The van der Waals surface area contributed by atoms with Gasteiger partial charge in [-0.15, -0.1) is 0 Å². The molecule has 5 N–H and O–H groups in total. The summed E-state index contributed by atoms with van der Waals surface area (Å²) < 4.78 is 37.1. The van der Waals surface area contributed by atoms with Crippen LogP contribution in [0.15, 0.2) is 48.6 Å². The fourth-order valence-corrected chi connectivity index (χ4v) is 3.15. The lowest BCUT2D eigenvalue weighted by Crippen LogP contribution is -2.53. The number of rotatable bonds is 25. The van der Waals surface area contributed by atoms with Gasteiger partial charge in [0, 0.05) is 22.3 Å². The van der Waals surface area contributed by atoms with E-state index in [4.69, 9.17) is 33.2 Å². The van der Waals surface area contributed by atoms with Crippen LogP contribution in [0, 0.1) is 0 Å². The van der Waals surface area contributed by atoms with Gasteiger partial charge in [-0.25, -0.2) is 19.2 Å². The second-order valence-corrected chi connectivity index (χ2v) is 10.7. The van der Waals surface area contributed by atoms with E-state index in [1.165, 1.54) is 27.7 Å². The maximum atomic E-state index is 12.7. The first-order valence-electron chi connectivity index (χ1n) is 14.4. The largest absolute Gasteiger partial charge is 0.460 e. The number of hydrogen-bond donors (Lipinski definition) is 5. The third kappa shape index (κ3) is 18.4. The van der Waals surface area contributed by atoms with Crippen molar-refractivity contribution in [3.05, 3.63) is 48.6 Å². The van der Waals surface area contributed by atoms with Crippen LogP contribution in [0.3, 0.4) is 0 Å². The molecule has 0 radical (unpaired) electrons. The first kappa shape index (κ1) is 43.5. The highest BCUT2D eigenvalue weighted by Crippen LogP contribution is 2.20. The first-order valence-corrected chi connectivity index (χ1v) is 14.4. The lowest BCUT2D eigenvalue weighted by molar-refractivity contribution is -0.202. The monoisotopic (exact) mass is 676 g/mol.